The average Bonchev–Trinajstić information content (AvgIpc) is 2.42. The Labute approximate surface area is 121 Å². The van der Waals surface area contributed by atoms with Gasteiger partial charge in [0.05, 0.1) is 13.2 Å². The highest BCUT2D eigenvalue weighted by Gasteiger charge is 2.39. The number of ether oxygens (including phenoxy) is 1. The molecule has 5 nitrogen and oxygen atoms in total. The van der Waals surface area contributed by atoms with Crippen molar-refractivity contribution in [2.45, 2.75) is 59.4 Å². The van der Waals surface area contributed by atoms with E-state index in [1.54, 1.807) is 0 Å². The number of amides is 1. The first-order valence-corrected chi connectivity index (χ1v) is 7.18. The number of nitrogens with one attached hydrogen (secondary N) is 1. The minimum Gasteiger partial charge on any atom is -0.467 e. The summed E-state index contributed by atoms with van der Waals surface area (Å²) in [4.78, 5) is 24.2. The number of nitrogens with zero attached hydrogens (tertiary/aromatic N) is 1. The zero-order chi connectivity index (χ0) is 15.8. The van der Waals surface area contributed by atoms with E-state index in [-0.39, 0.29) is 11.8 Å². The maximum atomic E-state index is 12.5. The van der Waals surface area contributed by atoms with Crippen molar-refractivity contribution in [3.8, 4) is 6.07 Å². The van der Waals surface area contributed by atoms with Crippen LogP contribution in [-0.2, 0) is 14.3 Å². The van der Waals surface area contributed by atoms with Crippen LogP contribution >= 0.6 is 0 Å². The molecule has 0 heterocycles. The summed E-state index contributed by atoms with van der Waals surface area (Å²) in [6.07, 6.45) is 2.47. The molecule has 5 heteroatoms. The van der Waals surface area contributed by atoms with Gasteiger partial charge < -0.3 is 10.1 Å². The molecule has 0 spiro atoms. The topological polar surface area (TPSA) is 79.2 Å². The Bertz CT molecular complexity index is 366. The fraction of sp³-hybridized carbons (Fsp3) is 0.800. The second-order valence-corrected chi connectivity index (χ2v) is 5.41. The molecule has 114 valence electrons. The Morgan fingerprint density at radius 2 is 1.75 bits per heavy atom. The van der Waals surface area contributed by atoms with Crippen molar-refractivity contribution in [1.82, 2.24) is 5.32 Å². The number of esters is 1. The largest absolute Gasteiger partial charge is 0.467 e. The van der Waals surface area contributed by atoms with E-state index in [1.165, 1.54) is 7.11 Å². The maximum absolute atomic E-state index is 12.5. The van der Waals surface area contributed by atoms with Gasteiger partial charge in [-0.1, -0.05) is 40.5 Å². The second-order valence-electron chi connectivity index (χ2n) is 5.41. The monoisotopic (exact) mass is 282 g/mol. The lowest BCUT2D eigenvalue weighted by Crippen LogP contribution is -2.50. The number of rotatable bonds is 8. The third-order valence-electron chi connectivity index (χ3n) is 3.41. The Morgan fingerprint density at radius 3 is 2.05 bits per heavy atom. The lowest BCUT2D eigenvalue weighted by molar-refractivity contribution is -0.147. The van der Waals surface area contributed by atoms with Crippen molar-refractivity contribution in [1.29, 1.82) is 5.26 Å². The van der Waals surface area contributed by atoms with E-state index < -0.39 is 17.4 Å². The third-order valence-corrected chi connectivity index (χ3v) is 3.41. The van der Waals surface area contributed by atoms with Gasteiger partial charge in [-0.05, 0) is 18.8 Å². The molecule has 1 unspecified atom stereocenters. The first kappa shape index (κ1) is 18.4. The van der Waals surface area contributed by atoms with Crippen LogP contribution in [0, 0.1) is 22.7 Å². The molecule has 0 saturated heterocycles. The van der Waals surface area contributed by atoms with Crippen LogP contribution < -0.4 is 5.32 Å². The van der Waals surface area contributed by atoms with Crippen molar-refractivity contribution in [3.63, 3.8) is 0 Å². The fourth-order valence-corrected chi connectivity index (χ4v) is 2.27. The minimum atomic E-state index is -1.05. The highest BCUT2D eigenvalue weighted by molar-refractivity contribution is 5.89. The quantitative estimate of drug-likeness (QED) is 0.693. The predicted octanol–water partition coefficient (Wildman–Crippen LogP) is 2.41. The second kappa shape index (κ2) is 8.57. The van der Waals surface area contributed by atoms with Crippen LogP contribution in [0.3, 0.4) is 0 Å². The summed E-state index contributed by atoms with van der Waals surface area (Å²) < 4.78 is 4.70. The molecule has 0 aromatic heterocycles. The lowest BCUT2D eigenvalue weighted by Gasteiger charge is -2.28. The number of hydrogen-bond donors (Lipinski definition) is 1. The van der Waals surface area contributed by atoms with E-state index in [1.807, 2.05) is 27.7 Å². The van der Waals surface area contributed by atoms with Crippen LogP contribution in [-0.4, -0.2) is 25.0 Å². The van der Waals surface area contributed by atoms with Crippen molar-refractivity contribution in [2.24, 2.45) is 11.3 Å². The molecule has 0 aliphatic carbocycles. The molecule has 0 aliphatic heterocycles. The van der Waals surface area contributed by atoms with Gasteiger partial charge in [0.1, 0.15) is 11.5 Å². The van der Waals surface area contributed by atoms with Crippen molar-refractivity contribution in [2.75, 3.05) is 7.11 Å². The summed E-state index contributed by atoms with van der Waals surface area (Å²) >= 11 is 0. The SMILES string of the molecule is CCCC(C#N)(CCC)C(=O)NC(C(=O)OC)C(C)C. The van der Waals surface area contributed by atoms with E-state index in [2.05, 4.69) is 11.4 Å². The number of methoxy groups -OCH3 is 1. The highest BCUT2D eigenvalue weighted by atomic mass is 16.5. The number of carbonyl (C=O) groups is 2. The summed E-state index contributed by atoms with van der Waals surface area (Å²) in [6.45, 7) is 7.54. The van der Waals surface area contributed by atoms with Gasteiger partial charge in [-0.2, -0.15) is 5.26 Å². The fourth-order valence-electron chi connectivity index (χ4n) is 2.27. The molecule has 0 fully saturated rings. The van der Waals surface area contributed by atoms with Crippen LogP contribution in [0.15, 0.2) is 0 Å². The zero-order valence-electron chi connectivity index (χ0n) is 13.2. The maximum Gasteiger partial charge on any atom is 0.328 e. The number of hydrogen-bond acceptors (Lipinski definition) is 4. The molecule has 0 rings (SSSR count). The Kier molecular flexibility index (Phi) is 7.90. The van der Waals surface area contributed by atoms with Crippen molar-refractivity contribution in [3.05, 3.63) is 0 Å². The third kappa shape index (κ3) is 4.52. The standard InChI is InChI=1S/C15H26N2O3/c1-6-8-15(10-16,9-7-2)14(19)17-12(11(3)4)13(18)20-5/h11-12H,6-9H2,1-5H3,(H,17,19). The highest BCUT2D eigenvalue weighted by Crippen LogP contribution is 2.30. The molecule has 0 bridgehead atoms. The van der Waals surface area contributed by atoms with Crippen LogP contribution in [0.2, 0.25) is 0 Å². The predicted molar refractivity (Wildman–Crippen MR) is 76.6 cm³/mol. The van der Waals surface area contributed by atoms with E-state index in [0.717, 1.165) is 12.8 Å². The molecule has 0 aromatic carbocycles. The Morgan fingerprint density at radius 1 is 1.25 bits per heavy atom. The van der Waals surface area contributed by atoms with Gasteiger partial charge in [0.25, 0.3) is 0 Å². The molecule has 0 aromatic rings. The molecule has 1 N–H and O–H groups in total. The molecule has 1 atom stereocenters. The summed E-state index contributed by atoms with van der Waals surface area (Å²) in [5.41, 5.74) is -1.05. The van der Waals surface area contributed by atoms with E-state index >= 15 is 0 Å². The number of nitriles is 1. The zero-order valence-corrected chi connectivity index (χ0v) is 13.2. The number of carbonyl (C=O) groups excluding carboxylic acids is 2. The van der Waals surface area contributed by atoms with Gasteiger partial charge in [0, 0.05) is 0 Å². The summed E-state index contributed by atoms with van der Waals surface area (Å²) in [5, 5.41) is 12.1. The molecule has 0 radical (unpaired) electrons. The summed E-state index contributed by atoms with van der Waals surface area (Å²) in [6, 6.07) is 1.44. The van der Waals surface area contributed by atoms with Gasteiger partial charge in [-0.25, -0.2) is 4.79 Å². The molecule has 0 aliphatic rings. The molecule has 0 saturated carbocycles. The van der Waals surface area contributed by atoms with Crippen molar-refractivity contribution < 1.29 is 14.3 Å². The van der Waals surface area contributed by atoms with Gasteiger partial charge in [0.2, 0.25) is 5.91 Å². The van der Waals surface area contributed by atoms with E-state index in [9.17, 15) is 14.9 Å². The van der Waals surface area contributed by atoms with Crippen molar-refractivity contribution >= 4 is 11.9 Å². The first-order chi connectivity index (χ1) is 9.38. The van der Waals surface area contributed by atoms with Gasteiger partial charge >= 0.3 is 5.97 Å². The Hall–Kier alpha value is -1.57. The molecular formula is C15H26N2O3. The Balaban J connectivity index is 5.17. The van der Waals surface area contributed by atoms with Crippen LogP contribution in [0.4, 0.5) is 0 Å². The van der Waals surface area contributed by atoms with Crippen LogP contribution in [0.1, 0.15) is 53.4 Å². The normalized spacial score (nSPS) is 12.7. The molecule has 20 heavy (non-hydrogen) atoms. The van der Waals surface area contributed by atoms with E-state index in [4.69, 9.17) is 4.74 Å². The van der Waals surface area contributed by atoms with Gasteiger partial charge in [-0.15, -0.1) is 0 Å². The average molecular weight is 282 g/mol. The van der Waals surface area contributed by atoms with Gasteiger partial charge in [0.15, 0.2) is 0 Å². The summed E-state index contributed by atoms with van der Waals surface area (Å²) in [7, 11) is 1.29. The van der Waals surface area contributed by atoms with Crippen LogP contribution in [0.5, 0.6) is 0 Å². The first-order valence-electron chi connectivity index (χ1n) is 7.18. The molecule has 1 amide bonds. The summed E-state index contributed by atoms with van der Waals surface area (Å²) in [5.74, 6) is -0.938. The van der Waals surface area contributed by atoms with E-state index in [0.29, 0.717) is 12.8 Å². The minimum absolute atomic E-state index is 0.0916. The molecular weight excluding hydrogens is 256 g/mol. The smallest absolute Gasteiger partial charge is 0.328 e. The van der Waals surface area contributed by atoms with Gasteiger partial charge in [-0.3, -0.25) is 4.79 Å². The lowest BCUT2D eigenvalue weighted by atomic mass is 9.79. The van der Waals surface area contributed by atoms with Crippen LogP contribution in [0.25, 0.3) is 0 Å².